The van der Waals surface area contributed by atoms with Gasteiger partial charge in [0.2, 0.25) is 12.4 Å². The van der Waals surface area contributed by atoms with Gasteiger partial charge in [-0.3, -0.25) is 19.2 Å². The van der Waals surface area contributed by atoms with Gasteiger partial charge < -0.3 is 38.3 Å². The van der Waals surface area contributed by atoms with Gasteiger partial charge in [-0.2, -0.15) is 0 Å². The van der Waals surface area contributed by atoms with Crippen LogP contribution in [0.1, 0.15) is 32.1 Å². The zero-order chi connectivity index (χ0) is 26.0. The van der Waals surface area contributed by atoms with E-state index < -0.39 is 66.4 Å². The first-order valence-electron chi connectivity index (χ1n) is 10.6. The molecule has 12 nitrogen and oxygen atoms in total. The zero-order valence-corrected chi connectivity index (χ0v) is 19.7. The first kappa shape index (κ1) is 26.0. The SMILES string of the molecule is CC(=O)OC[C@@H]1O[C@H](Oc2cc(O)c3c(=O)cc(C)oc3c2C)[C@@H](OC(C)=O)[C@H](OC(C)=O)[C@@H]1O. The average Bonchev–Trinajstić information content (AvgIpc) is 2.73. The van der Waals surface area contributed by atoms with Crippen molar-refractivity contribution < 1.29 is 52.7 Å². The first-order valence-corrected chi connectivity index (χ1v) is 10.6. The highest BCUT2D eigenvalue weighted by atomic mass is 16.7. The first-order chi connectivity index (χ1) is 16.4. The molecule has 1 saturated heterocycles. The lowest BCUT2D eigenvalue weighted by Crippen LogP contribution is -2.62. The number of benzene rings is 1. The van der Waals surface area contributed by atoms with Gasteiger partial charge in [-0.15, -0.1) is 0 Å². The molecule has 1 aromatic carbocycles. The molecule has 35 heavy (non-hydrogen) atoms. The fourth-order valence-corrected chi connectivity index (χ4v) is 3.75. The monoisotopic (exact) mass is 494 g/mol. The van der Waals surface area contributed by atoms with E-state index in [0.29, 0.717) is 11.3 Å². The van der Waals surface area contributed by atoms with E-state index in [1.165, 1.54) is 6.07 Å². The van der Waals surface area contributed by atoms with Gasteiger partial charge in [0.15, 0.2) is 11.5 Å². The summed E-state index contributed by atoms with van der Waals surface area (Å²) in [6.45, 7) is 6.07. The van der Waals surface area contributed by atoms with Gasteiger partial charge in [0.1, 0.15) is 47.0 Å². The number of phenols is 1. The quantitative estimate of drug-likeness (QED) is 0.432. The Morgan fingerprint density at radius 2 is 1.63 bits per heavy atom. The van der Waals surface area contributed by atoms with Crippen LogP contribution in [0, 0.1) is 13.8 Å². The Hall–Kier alpha value is -3.64. The van der Waals surface area contributed by atoms with E-state index in [1.54, 1.807) is 13.8 Å². The molecule has 0 unspecified atom stereocenters. The maximum Gasteiger partial charge on any atom is 0.303 e. The molecule has 190 valence electrons. The van der Waals surface area contributed by atoms with Gasteiger partial charge in [0.05, 0.1) is 0 Å². The van der Waals surface area contributed by atoms with E-state index in [-0.39, 0.29) is 16.7 Å². The summed E-state index contributed by atoms with van der Waals surface area (Å²) in [5.41, 5.74) is -0.0737. The summed E-state index contributed by atoms with van der Waals surface area (Å²) < 4.78 is 32.7. The molecule has 0 aliphatic carbocycles. The van der Waals surface area contributed by atoms with Crippen molar-refractivity contribution in [2.24, 2.45) is 0 Å². The van der Waals surface area contributed by atoms with Crippen LogP contribution in [0.4, 0.5) is 0 Å². The molecule has 2 aromatic rings. The second-order valence-electron chi connectivity index (χ2n) is 8.05. The van der Waals surface area contributed by atoms with Gasteiger partial charge in [0.25, 0.3) is 0 Å². The van der Waals surface area contributed by atoms with E-state index in [1.807, 2.05) is 0 Å². The summed E-state index contributed by atoms with van der Waals surface area (Å²) in [5.74, 6) is -2.35. The number of aryl methyl sites for hydroxylation is 2. The van der Waals surface area contributed by atoms with Crippen LogP contribution in [0.2, 0.25) is 0 Å². The lowest BCUT2D eigenvalue weighted by Gasteiger charge is -2.42. The fraction of sp³-hybridized carbons (Fsp3) is 0.478. The van der Waals surface area contributed by atoms with Crippen molar-refractivity contribution in [3.63, 3.8) is 0 Å². The average molecular weight is 494 g/mol. The van der Waals surface area contributed by atoms with E-state index >= 15 is 0 Å². The summed E-state index contributed by atoms with van der Waals surface area (Å²) in [6, 6.07) is 2.39. The van der Waals surface area contributed by atoms with Crippen LogP contribution in [0.15, 0.2) is 21.3 Å². The number of aromatic hydroxyl groups is 1. The number of carbonyl (C=O) groups excluding carboxylic acids is 3. The number of rotatable bonds is 6. The van der Waals surface area contributed by atoms with Crippen molar-refractivity contribution in [2.75, 3.05) is 6.61 Å². The number of aliphatic hydroxyl groups is 1. The predicted octanol–water partition coefficient (Wildman–Crippen LogP) is 1.01. The van der Waals surface area contributed by atoms with E-state index in [9.17, 15) is 29.4 Å². The van der Waals surface area contributed by atoms with Crippen molar-refractivity contribution in [1.29, 1.82) is 0 Å². The van der Waals surface area contributed by atoms with Gasteiger partial charge in [0, 0.05) is 38.5 Å². The highest BCUT2D eigenvalue weighted by molar-refractivity contribution is 5.87. The van der Waals surface area contributed by atoms with Crippen molar-refractivity contribution in [3.05, 3.63) is 33.7 Å². The summed E-state index contributed by atoms with van der Waals surface area (Å²) >= 11 is 0. The number of esters is 3. The number of hydrogen-bond acceptors (Lipinski definition) is 12. The molecule has 0 bridgehead atoms. The van der Waals surface area contributed by atoms with Crippen LogP contribution in [0.5, 0.6) is 11.5 Å². The summed E-state index contributed by atoms with van der Waals surface area (Å²) in [4.78, 5) is 47.1. The minimum absolute atomic E-state index is 0.00453. The third-order valence-electron chi connectivity index (χ3n) is 5.22. The Bertz CT molecular complexity index is 1200. The molecule has 12 heteroatoms. The van der Waals surface area contributed by atoms with Crippen LogP contribution >= 0.6 is 0 Å². The van der Waals surface area contributed by atoms with E-state index in [0.717, 1.165) is 26.8 Å². The van der Waals surface area contributed by atoms with Crippen LogP contribution < -0.4 is 10.2 Å². The van der Waals surface area contributed by atoms with Crippen LogP contribution in [0.3, 0.4) is 0 Å². The lowest BCUT2D eigenvalue weighted by atomic mass is 9.98. The number of hydrogen-bond donors (Lipinski definition) is 2. The summed E-state index contributed by atoms with van der Waals surface area (Å²) in [6.07, 6.45) is -7.14. The maximum absolute atomic E-state index is 12.3. The second kappa shape index (κ2) is 10.3. The van der Waals surface area contributed by atoms with Crippen molar-refractivity contribution in [1.82, 2.24) is 0 Å². The predicted molar refractivity (Wildman–Crippen MR) is 117 cm³/mol. The largest absolute Gasteiger partial charge is 0.507 e. The fourth-order valence-electron chi connectivity index (χ4n) is 3.75. The molecule has 2 N–H and O–H groups in total. The molecule has 1 fully saturated rings. The molecular weight excluding hydrogens is 468 g/mol. The summed E-state index contributed by atoms with van der Waals surface area (Å²) in [5, 5.41) is 21.1. The third-order valence-corrected chi connectivity index (χ3v) is 5.22. The Labute approximate surface area is 199 Å². The molecular formula is C23H26O12. The minimum Gasteiger partial charge on any atom is -0.507 e. The van der Waals surface area contributed by atoms with Crippen molar-refractivity contribution >= 4 is 28.9 Å². The molecule has 1 aliphatic heterocycles. The lowest BCUT2D eigenvalue weighted by molar-refractivity contribution is -0.285. The molecule has 5 atom stereocenters. The number of phenolic OH excluding ortho intramolecular Hbond substituents is 1. The van der Waals surface area contributed by atoms with Crippen LogP contribution in [0.25, 0.3) is 11.0 Å². The third kappa shape index (κ3) is 5.72. The Balaban J connectivity index is 2.06. The Morgan fingerprint density at radius 3 is 2.23 bits per heavy atom. The van der Waals surface area contributed by atoms with Crippen LogP contribution in [-0.2, 0) is 33.3 Å². The molecule has 0 saturated carbocycles. The van der Waals surface area contributed by atoms with E-state index in [2.05, 4.69) is 0 Å². The smallest absolute Gasteiger partial charge is 0.303 e. The number of aliphatic hydroxyl groups excluding tert-OH is 1. The van der Waals surface area contributed by atoms with Gasteiger partial charge in [-0.25, -0.2) is 0 Å². The topological polar surface area (TPSA) is 168 Å². The summed E-state index contributed by atoms with van der Waals surface area (Å²) in [7, 11) is 0. The van der Waals surface area contributed by atoms with E-state index in [4.69, 9.17) is 28.1 Å². The molecule has 3 rings (SSSR count). The molecule has 2 heterocycles. The van der Waals surface area contributed by atoms with Gasteiger partial charge in [-0.05, 0) is 13.8 Å². The molecule has 1 aliphatic rings. The van der Waals surface area contributed by atoms with Gasteiger partial charge >= 0.3 is 17.9 Å². The van der Waals surface area contributed by atoms with Crippen molar-refractivity contribution in [3.8, 4) is 11.5 Å². The number of carbonyl (C=O) groups is 3. The normalized spacial score (nSPS) is 24.0. The Morgan fingerprint density at radius 1 is 1.00 bits per heavy atom. The molecule has 0 radical (unpaired) electrons. The minimum atomic E-state index is -1.55. The highest BCUT2D eigenvalue weighted by Crippen LogP contribution is 2.36. The molecule has 0 amide bonds. The molecule has 1 aromatic heterocycles. The maximum atomic E-state index is 12.3. The number of ether oxygens (including phenoxy) is 5. The van der Waals surface area contributed by atoms with Crippen LogP contribution in [-0.4, -0.2) is 65.4 Å². The zero-order valence-electron chi connectivity index (χ0n) is 19.7. The molecule has 0 spiro atoms. The highest BCUT2D eigenvalue weighted by Gasteiger charge is 2.51. The Kier molecular flexibility index (Phi) is 7.66. The number of fused-ring (bicyclic) bond motifs is 1. The standard InChI is InChI=1S/C23H26O12/c1-9-6-14(27)18-15(28)7-16(10(2)20(18)31-9)34-23-22(33-13(5)26)21(32-12(4)25)19(29)17(35-23)8-30-11(3)24/h6-7,17,19,21-23,28-29H,8H2,1-5H3/t17-,19+,21+,22-,23-/m0/s1. The van der Waals surface area contributed by atoms with Gasteiger partial charge in [-0.1, -0.05) is 0 Å². The second-order valence-corrected chi connectivity index (χ2v) is 8.05. The van der Waals surface area contributed by atoms with Crippen molar-refractivity contribution in [2.45, 2.75) is 65.3 Å².